The average molecular weight is 531 g/mol. The average Bonchev–Trinajstić information content (AvgIpc) is 3.36. The molecule has 5 rings (SSSR count). The van der Waals surface area contributed by atoms with Crippen molar-refractivity contribution in [1.29, 1.82) is 0 Å². The standard InChI is InChI=1S/C24H24Cl2N6O4/c1-12(33)29-15-4-7-36-11-16(15)30-24-28-10-13-8-14(23-27-5-6-32(23)22(13)31-24)19-20(25)17(34-2)9-18(35-3)21(19)26/h5-6,8-10,15-16H,4,7,11H2,1-3H3,(H,29,33)(H,28,30,31)/t15-,16+/m0/s1. The van der Waals surface area contributed by atoms with Crippen LogP contribution in [-0.2, 0) is 9.53 Å². The molecule has 2 atom stereocenters. The van der Waals surface area contributed by atoms with Crippen molar-refractivity contribution >= 4 is 51.7 Å². The molecule has 36 heavy (non-hydrogen) atoms. The highest BCUT2D eigenvalue weighted by molar-refractivity contribution is 6.41. The highest BCUT2D eigenvalue weighted by atomic mass is 35.5. The number of fused-ring (bicyclic) bond motifs is 3. The summed E-state index contributed by atoms with van der Waals surface area (Å²) >= 11 is 13.4. The predicted molar refractivity (Wildman–Crippen MR) is 137 cm³/mol. The molecule has 1 aliphatic rings. The molecule has 0 bridgehead atoms. The molecule has 3 aromatic heterocycles. The zero-order valence-corrected chi connectivity index (χ0v) is 21.4. The molecule has 188 valence electrons. The van der Waals surface area contributed by atoms with Gasteiger partial charge in [0.05, 0.1) is 43.0 Å². The molecule has 0 unspecified atom stereocenters. The first kappa shape index (κ1) is 24.4. The number of methoxy groups -OCH3 is 2. The summed E-state index contributed by atoms with van der Waals surface area (Å²) in [6.45, 7) is 2.52. The Hall–Kier alpha value is -3.34. The van der Waals surface area contributed by atoms with E-state index in [1.165, 1.54) is 21.1 Å². The van der Waals surface area contributed by atoms with Gasteiger partial charge in [0.15, 0.2) is 5.65 Å². The smallest absolute Gasteiger partial charge is 0.225 e. The van der Waals surface area contributed by atoms with E-state index < -0.39 is 0 Å². The topological polar surface area (TPSA) is 112 Å². The first-order valence-electron chi connectivity index (χ1n) is 11.3. The third-order valence-corrected chi connectivity index (χ3v) is 6.86. The number of carbonyl (C=O) groups excluding carboxylic acids is 1. The van der Waals surface area contributed by atoms with Crippen LogP contribution < -0.4 is 20.1 Å². The van der Waals surface area contributed by atoms with Gasteiger partial charge in [-0.3, -0.25) is 9.20 Å². The van der Waals surface area contributed by atoms with Gasteiger partial charge in [0, 0.05) is 54.7 Å². The van der Waals surface area contributed by atoms with Gasteiger partial charge in [-0.1, -0.05) is 23.2 Å². The Morgan fingerprint density at radius 1 is 1.11 bits per heavy atom. The minimum absolute atomic E-state index is 0.0847. The minimum atomic E-state index is -0.167. The fourth-order valence-corrected chi connectivity index (χ4v) is 5.13. The number of carbonyl (C=O) groups is 1. The molecular weight excluding hydrogens is 507 g/mol. The van der Waals surface area contributed by atoms with Crippen molar-refractivity contribution < 1.29 is 19.0 Å². The summed E-state index contributed by atoms with van der Waals surface area (Å²) in [7, 11) is 3.06. The molecular formula is C24H24Cl2N6O4. The second-order valence-electron chi connectivity index (χ2n) is 8.36. The molecule has 0 spiro atoms. The zero-order chi connectivity index (χ0) is 25.4. The lowest BCUT2D eigenvalue weighted by molar-refractivity contribution is -0.120. The lowest BCUT2D eigenvalue weighted by Gasteiger charge is -2.32. The van der Waals surface area contributed by atoms with Gasteiger partial charge in [-0.2, -0.15) is 4.98 Å². The molecule has 1 aliphatic heterocycles. The van der Waals surface area contributed by atoms with Crippen LogP contribution in [0.15, 0.2) is 30.7 Å². The van der Waals surface area contributed by atoms with Gasteiger partial charge in [0.2, 0.25) is 11.9 Å². The van der Waals surface area contributed by atoms with Gasteiger partial charge in [-0.15, -0.1) is 0 Å². The molecule has 2 N–H and O–H groups in total. The van der Waals surface area contributed by atoms with Crippen LogP contribution in [0.3, 0.4) is 0 Å². The highest BCUT2D eigenvalue weighted by Crippen LogP contribution is 2.47. The van der Waals surface area contributed by atoms with Crippen molar-refractivity contribution in [3.8, 4) is 22.6 Å². The van der Waals surface area contributed by atoms with E-state index in [1.807, 2.05) is 10.5 Å². The summed E-state index contributed by atoms with van der Waals surface area (Å²) in [5, 5.41) is 7.71. The molecule has 4 aromatic rings. The number of anilines is 1. The van der Waals surface area contributed by atoms with Crippen molar-refractivity contribution in [3.05, 3.63) is 40.8 Å². The van der Waals surface area contributed by atoms with Crippen LogP contribution >= 0.6 is 23.2 Å². The Kier molecular flexibility index (Phi) is 6.74. The van der Waals surface area contributed by atoms with Gasteiger partial charge in [-0.25, -0.2) is 9.97 Å². The maximum atomic E-state index is 11.6. The number of rotatable bonds is 6. The monoisotopic (exact) mass is 530 g/mol. The first-order valence-corrected chi connectivity index (χ1v) is 12.0. The van der Waals surface area contributed by atoms with Crippen LogP contribution in [0.1, 0.15) is 13.3 Å². The zero-order valence-electron chi connectivity index (χ0n) is 19.8. The van der Waals surface area contributed by atoms with Crippen molar-refractivity contribution in [2.75, 3.05) is 32.8 Å². The number of hydrogen-bond donors (Lipinski definition) is 2. The summed E-state index contributed by atoms with van der Waals surface area (Å²) in [5.41, 5.74) is 2.45. The lowest BCUT2D eigenvalue weighted by Crippen LogP contribution is -2.51. The van der Waals surface area contributed by atoms with E-state index in [0.29, 0.717) is 69.5 Å². The summed E-state index contributed by atoms with van der Waals surface area (Å²) in [6.07, 6.45) is 5.89. The van der Waals surface area contributed by atoms with Crippen LogP contribution in [0.5, 0.6) is 11.5 Å². The SMILES string of the molecule is COc1cc(OC)c(Cl)c(-c2cc3cnc(N[C@@H]4COCC[C@@H]4NC(C)=O)nc3n3ccnc23)c1Cl. The molecule has 0 radical (unpaired) electrons. The van der Waals surface area contributed by atoms with E-state index in [-0.39, 0.29) is 18.0 Å². The van der Waals surface area contributed by atoms with Crippen molar-refractivity contribution in [2.45, 2.75) is 25.4 Å². The molecule has 1 fully saturated rings. The fourth-order valence-electron chi connectivity index (χ4n) is 4.43. The van der Waals surface area contributed by atoms with Crippen LogP contribution in [0.4, 0.5) is 5.95 Å². The molecule has 10 nitrogen and oxygen atoms in total. The maximum absolute atomic E-state index is 11.6. The van der Waals surface area contributed by atoms with E-state index in [2.05, 4.69) is 20.6 Å². The van der Waals surface area contributed by atoms with Crippen LogP contribution in [0, 0.1) is 0 Å². The van der Waals surface area contributed by atoms with Crippen LogP contribution in [0.2, 0.25) is 10.0 Å². The molecule has 1 saturated heterocycles. The Morgan fingerprint density at radius 3 is 2.56 bits per heavy atom. The van der Waals surface area contributed by atoms with E-state index in [9.17, 15) is 4.79 Å². The number of imidazole rings is 1. The van der Waals surface area contributed by atoms with Gasteiger partial charge in [0.25, 0.3) is 0 Å². The number of hydrogen-bond acceptors (Lipinski definition) is 8. The lowest BCUT2D eigenvalue weighted by atomic mass is 10.0. The van der Waals surface area contributed by atoms with Gasteiger partial charge < -0.3 is 24.8 Å². The third kappa shape index (κ3) is 4.36. The summed E-state index contributed by atoms with van der Waals surface area (Å²) < 4.78 is 18.3. The number of nitrogens with one attached hydrogen (secondary N) is 2. The molecule has 1 amide bonds. The molecule has 12 heteroatoms. The Morgan fingerprint density at radius 2 is 1.86 bits per heavy atom. The van der Waals surface area contributed by atoms with E-state index in [0.717, 1.165) is 5.39 Å². The molecule has 0 aliphatic carbocycles. The second-order valence-corrected chi connectivity index (χ2v) is 9.11. The quantitative estimate of drug-likeness (QED) is 0.385. The number of amides is 1. The van der Waals surface area contributed by atoms with Crippen molar-refractivity contribution in [1.82, 2.24) is 24.7 Å². The number of aromatic nitrogens is 4. The number of nitrogens with zero attached hydrogens (tertiary/aromatic N) is 4. The molecule has 4 heterocycles. The van der Waals surface area contributed by atoms with Crippen molar-refractivity contribution in [3.63, 3.8) is 0 Å². The van der Waals surface area contributed by atoms with Crippen LogP contribution in [0.25, 0.3) is 27.8 Å². The predicted octanol–water partition coefficient (Wildman–Crippen LogP) is 3.97. The first-order chi connectivity index (χ1) is 17.4. The molecule has 1 aromatic carbocycles. The van der Waals surface area contributed by atoms with Gasteiger partial charge in [-0.05, 0) is 12.5 Å². The third-order valence-electron chi connectivity index (χ3n) is 6.11. The number of ether oxygens (including phenoxy) is 3. The normalized spacial score (nSPS) is 17.8. The van der Waals surface area contributed by atoms with Crippen molar-refractivity contribution in [2.24, 2.45) is 0 Å². The fraction of sp³-hybridized carbons (Fsp3) is 0.333. The second kappa shape index (κ2) is 9.96. The largest absolute Gasteiger partial charge is 0.495 e. The number of halogens is 2. The minimum Gasteiger partial charge on any atom is -0.495 e. The highest BCUT2D eigenvalue weighted by Gasteiger charge is 2.27. The number of pyridine rings is 1. The van der Waals surface area contributed by atoms with Gasteiger partial charge in [0.1, 0.15) is 17.1 Å². The van der Waals surface area contributed by atoms with Gasteiger partial charge >= 0.3 is 0 Å². The summed E-state index contributed by atoms with van der Waals surface area (Å²) in [6, 6.07) is 3.28. The molecule has 0 saturated carbocycles. The Bertz CT molecular complexity index is 1430. The summed E-state index contributed by atoms with van der Waals surface area (Å²) in [5.74, 6) is 1.18. The Labute approximate surface area is 216 Å². The van der Waals surface area contributed by atoms with Crippen LogP contribution in [-0.4, -0.2) is 64.8 Å². The van der Waals surface area contributed by atoms with E-state index in [1.54, 1.807) is 24.7 Å². The Balaban J connectivity index is 1.60. The van der Waals surface area contributed by atoms with E-state index in [4.69, 9.17) is 42.4 Å². The number of benzene rings is 1. The maximum Gasteiger partial charge on any atom is 0.225 e. The van der Waals surface area contributed by atoms with E-state index >= 15 is 0 Å². The summed E-state index contributed by atoms with van der Waals surface area (Å²) in [4.78, 5) is 25.4.